The first-order valence-corrected chi connectivity index (χ1v) is 7.43. The summed E-state index contributed by atoms with van der Waals surface area (Å²) in [6, 6.07) is 5.02. The average Bonchev–Trinajstić information content (AvgIpc) is 3.28. The SMILES string of the molecule is Nc1cc(NC(=O)CN2CCN(C3CC3)CC2)ccc1F. The Morgan fingerprint density at radius 2 is 2.00 bits per heavy atom. The van der Waals surface area contributed by atoms with Crippen LogP contribution in [-0.2, 0) is 4.79 Å². The summed E-state index contributed by atoms with van der Waals surface area (Å²) in [5.74, 6) is -0.551. The summed E-state index contributed by atoms with van der Waals surface area (Å²) >= 11 is 0. The summed E-state index contributed by atoms with van der Waals surface area (Å²) in [5.41, 5.74) is 6.07. The van der Waals surface area contributed by atoms with Gasteiger partial charge in [-0.05, 0) is 31.0 Å². The van der Waals surface area contributed by atoms with Crippen LogP contribution in [0, 0.1) is 5.82 Å². The van der Waals surface area contributed by atoms with Crippen molar-refractivity contribution in [3.05, 3.63) is 24.0 Å². The van der Waals surface area contributed by atoms with E-state index in [-0.39, 0.29) is 11.6 Å². The van der Waals surface area contributed by atoms with E-state index in [1.54, 1.807) is 0 Å². The van der Waals surface area contributed by atoms with Gasteiger partial charge in [0.05, 0.1) is 12.2 Å². The molecule has 114 valence electrons. The maximum absolute atomic E-state index is 13.1. The summed E-state index contributed by atoms with van der Waals surface area (Å²) in [5, 5.41) is 2.76. The molecule has 0 aromatic heterocycles. The Morgan fingerprint density at radius 3 is 2.62 bits per heavy atom. The number of amides is 1. The van der Waals surface area contributed by atoms with E-state index in [0.29, 0.717) is 12.2 Å². The summed E-state index contributed by atoms with van der Waals surface area (Å²) in [7, 11) is 0. The maximum atomic E-state index is 13.1. The number of carbonyl (C=O) groups is 1. The second-order valence-electron chi connectivity index (χ2n) is 5.83. The third kappa shape index (κ3) is 3.71. The number of piperazine rings is 1. The topological polar surface area (TPSA) is 61.6 Å². The third-order valence-electron chi connectivity index (χ3n) is 4.12. The number of nitrogens with two attached hydrogens (primary N) is 1. The molecule has 0 bridgehead atoms. The number of nitrogen functional groups attached to an aromatic ring is 1. The molecule has 0 unspecified atom stereocenters. The molecule has 1 amide bonds. The molecular weight excluding hydrogens is 271 g/mol. The van der Waals surface area contributed by atoms with Gasteiger partial charge in [-0.1, -0.05) is 0 Å². The van der Waals surface area contributed by atoms with Gasteiger partial charge in [0, 0.05) is 37.9 Å². The summed E-state index contributed by atoms with van der Waals surface area (Å²) in [4.78, 5) is 16.7. The highest BCUT2D eigenvalue weighted by atomic mass is 19.1. The van der Waals surface area contributed by atoms with E-state index >= 15 is 0 Å². The van der Waals surface area contributed by atoms with Gasteiger partial charge in [-0.25, -0.2) is 4.39 Å². The van der Waals surface area contributed by atoms with Crippen molar-refractivity contribution in [2.45, 2.75) is 18.9 Å². The van der Waals surface area contributed by atoms with Gasteiger partial charge in [0.1, 0.15) is 5.82 Å². The number of hydrogen-bond donors (Lipinski definition) is 2. The quantitative estimate of drug-likeness (QED) is 0.817. The molecule has 21 heavy (non-hydrogen) atoms. The molecule has 0 radical (unpaired) electrons. The van der Waals surface area contributed by atoms with Crippen molar-refractivity contribution in [3.63, 3.8) is 0 Å². The van der Waals surface area contributed by atoms with Crippen molar-refractivity contribution in [1.82, 2.24) is 9.80 Å². The monoisotopic (exact) mass is 292 g/mol. The number of benzene rings is 1. The molecule has 1 aliphatic heterocycles. The maximum Gasteiger partial charge on any atom is 0.238 e. The van der Waals surface area contributed by atoms with E-state index in [1.165, 1.54) is 31.0 Å². The number of anilines is 2. The summed E-state index contributed by atoms with van der Waals surface area (Å²) in [6.45, 7) is 4.31. The predicted octanol–water partition coefficient (Wildman–Crippen LogP) is 1.13. The van der Waals surface area contributed by atoms with Crippen molar-refractivity contribution >= 4 is 17.3 Å². The zero-order valence-corrected chi connectivity index (χ0v) is 12.0. The Labute approximate surface area is 123 Å². The minimum Gasteiger partial charge on any atom is -0.396 e. The van der Waals surface area contributed by atoms with Crippen LogP contribution in [0.3, 0.4) is 0 Å². The van der Waals surface area contributed by atoms with Gasteiger partial charge in [0.25, 0.3) is 0 Å². The van der Waals surface area contributed by atoms with Gasteiger partial charge in [0.15, 0.2) is 0 Å². The van der Waals surface area contributed by atoms with E-state index in [4.69, 9.17) is 5.73 Å². The van der Waals surface area contributed by atoms with Crippen LogP contribution in [-0.4, -0.2) is 54.5 Å². The largest absolute Gasteiger partial charge is 0.396 e. The van der Waals surface area contributed by atoms with Crippen molar-refractivity contribution in [2.75, 3.05) is 43.8 Å². The minimum atomic E-state index is -0.468. The molecule has 1 saturated heterocycles. The zero-order valence-electron chi connectivity index (χ0n) is 12.0. The van der Waals surface area contributed by atoms with Gasteiger partial charge in [-0.3, -0.25) is 14.6 Å². The molecular formula is C15H21FN4O. The molecule has 1 aromatic carbocycles. The van der Waals surface area contributed by atoms with Crippen LogP contribution in [0.15, 0.2) is 18.2 Å². The first kappa shape index (κ1) is 14.3. The fourth-order valence-corrected chi connectivity index (χ4v) is 2.75. The second-order valence-corrected chi connectivity index (χ2v) is 5.83. The van der Waals surface area contributed by atoms with Crippen LogP contribution in [0.2, 0.25) is 0 Å². The molecule has 3 rings (SSSR count). The molecule has 5 nitrogen and oxygen atoms in total. The fourth-order valence-electron chi connectivity index (χ4n) is 2.75. The highest BCUT2D eigenvalue weighted by Gasteiger charge is 2.31. The molecule has 0 spiro atoms. The van der Waals surface area contributed by atoms with Crippen molar-refractivity contribution in [1.29, 1.82) is 0 Å². The summed E-state index contributed by atoms with van der Waals surface area (Å²) in [6.07, 6.45) is 2.65. The Morgan fingerprint density at radius 1 is 1.29 bits per heavy atom. The average molecular weight is 292 g/mol. The van der Waals surface area contributed by atoms with Gasteiger partial charge in [-0.15, -0.1) is 0 Å². The highest BCUT2D eigenvalue weighted by Crippen LogP contribution is 2.27. The van der Waals surface area contributed by atoms with Crippen LogP contribution in [0.1, 0.15) is 12.8 Å². The zero-order chi connectivity index (χ0) is 14.8. The standard InChI is InChI=1S/C15H21FN4O/c16-13-4-1-11(9-14(13)17)18-15(21)10-19-5-7-20(8-6-19)12-2-3-12/h1,4,9,12H,2-3,5-8,10,17H2,(H,18,21). The molecule has 1 saturated carbocycles. The highest BCUT2D eigenvalue weighted by molar-refractivity contribution is 5.92. The first-order valence-electron chi connectivity index (χ1n) is 7.43. The van der Waals surface area contributed by atoms with E-state index in [1.807, 2.05) is 0 Å². The number of carbonyl (C=O) groups excluding carboxylic acids is 1. The van der Waals surface area contributed by atoms with E-state index in [9.17, 15) is 9.18 Å². The Bertz CT molecular complexity index is 524. The smallest absolute Gasteiger partial charge is 0.238 e. The number of hydrogen-bond acceptors (Lipinski definition) is 4. The van der Waals surface area contributed by atoms with Gasteiger partial charge >= 0.3 is 0 Å². The molecule has 1 heterocycles. The minimum absolute atomic E-state index is 0.0471. The van der Waals surface area contributed by atoms with E-state index in [2.05, 4.69) is 15.1 Å². The number of nitrogens with one attached hydrogen (secondary N) is 1. The summed E-state index contributed by atoms with van der Waals surface area (Å²) < 4.78 is 13.1. The molecule has 6 heteroatoms. The van der Waals surface area contributed by atoms with Crippen LogP contribution in [0.5, 0.6) is 0 Å². The van der Waals surface area contributed by atoms with Crippen molar-refractivity contribution in [3.8, 4) is 0 Å². The molecule has 2 aliphatic rings. The number of nitrogens with zero attached hydrogens (tertiary/aromatic N) is 2. The van der Waals surface area contributed by atoms with E-state index < -0.39 is 5.82 Å². The second kappa shape index (κ2) is 5.99. The van der Waals surface area contributed by atoms with Gasteiger partial charge in [0.2, 0.25) is 5.91 Å². The Hall–Kier alpha value is -1.66. The molecule has 3 N–H and O–H groups in total. The molecule has 0 atom stereocenters. The number of rotatable bonds is 4. The Balaban J connectivity index is 1.46. The van der Waals surface area contributed by atoms with Crippen molar-refractivity contribution < 1.29 is 9.18 Å². The lowest BCUT2D eigenvalue weighted by Gasteiger charge is -2.34. The lowest BCUT2D eigenvalue weighted by atomic mass is 10.2. The normalized spacial score (nSPS) is 20.4. The molecule has 2 fully saturated rings. The van der Waals surface area contributed by atoms with E-state index in [0.717, 1.165) is 32.2 Å². The first-order chi connectivity index (χ1) is 10.1. The lowest BCUT2D eigenvalue weighted by molar-refractivity contribution is -0.117. The molecule has 1 aromatic rings. The number of halogens is 1. The van der Waals surface area contributed by atoms with Gasteiger partial charge < -0.3 is 11.1 Å². The fraction of sp³-hybridized carbons (Fsp3) is 0.533. The van der Waals surface area contributed by atoms with Crippen LogP contribution in [0.25, 0.3) is 0 Å². The third-order valence-corrected chi connectivity index (χ3v) is 4.12. The van der Waals surface area contributed by atoms with Crippen molar-refractivity contribution in [2.24, 2.45) is 0 Å². The van der Waals surface area contributed by atoms with Crippen LogP contribution >= 0.6 is 0 Å². The van der Waals surface area contributed by atoms with Crippen LogP contribution in [0.4, 0.5) is 15.8 Å². The van der Waals surface area contributed by atoms with Gasteiger partial charge in [-0.2, -0.15) is 0 Å². The predicted molar refractivity (Wildman–Crippen MR) is 80.5 cm³/mol. The van der Waals surface area contributed by atoms with Crippen LogP contribution < -0.4 is 11.1 Å². The lowest BCUT2D eigenvalue weighted by Crippen LogP contribution is -2.49. The Kier molecular flexibility index (Phi) is 4.07. The molecule has 1 aliphatic carbocycles.